The average Bonchev–Trinajstić information content (AvgIpc) is 2.65. The van der Waals surface area contributed by atoms with Crippen LogP contribution in [-0.4, -0.2) is 36.1 Å². The van der Waals surface area contributed by atoms with Crippen LogP contribution in [0.3, 0.4) is 0 Å². The van der Waals surface area contributed by atoms with Crippen LogP contribution < -0.4 is 0 Å². The molecule has 5 heteroatoms. The molecule has 72 valence electrons. The number of nitriles is 1. The lowest BCUT2D eigenvalue weighted by Crippen LogP contribution is -2.29. The Balaban J connectivity index is 2.39. The maximum atomic E-state index is 8.77. The fourth-order valence-corrected chi connectivity index (χ4v) is 1.60. The van der Waals surface area contributed by atoms with Gasteiger partial charge in [0.15, 0.2) is 11.4 Å². The first-order chi connectivity index (χ1) is 6.27. The van der Waals surface area contributed by atoms with Gasteiger partial charge in [0.05, 0.1) is 6.61 Å². The highest BCUT2D eigenvalue weighted by molar-refractivity contribution is 8.13. The van der Waals surface area contributed by atoms with Gasteiger partial charge in [-0.05, 0) is 12.7 Å². The van der Waals surface area contributed by atoms with Crippen molar-refractivity contribution in [2.75, 3.05) is 26.0 Å². The topological polar surface area (TPSA) is 60.1 Å². The zero-order chi connectivity index (χ0) is 9.68. The summed E-state index contributed by atoms with van der Waals surface area (Å²) in [5.41, 5.74) is 0. The molecule has 0 aliphatic carbocycles. The molecule has 1 aliphatic rings. The van der Waals surface area contributed by atoms with E-state index < -0.39 is 0 Å². The minimum atomic E-state index is 0.314. The van der Waals surface area contributed by atoms with E-state index in [0.717, 1.165) is 19.6 Å². The third-order valence-corrected chi connectivity index (χ3v) is 2.63. The summed E-state index contributed by atoms with van der Waals surface area (Å²) < 4.78 is 5.20. The van der Waals surface area contributed by atoms with Gasteiger partial charge in [0.25, 0.3) is 0 Å². The molecule has 1 saturated heterocycles. The maximum Gasteiger partial charge on any atom is 0.185 e. The Hall–Kier alpha value is -0.730. The molecule has 1 unspecified atom stereocenters. The summed E-state index contributed by atoms with van der Waals surface area (Å²) in [6.07, 6.45) is 4.82. The number of rotatable bonds is 2. The molecule has 0 spiro atoms. The van der Waals surface area contributed by atoms with Gasteiger partial charge >= 0.3 is 0 Å². The van der Waals surface area contributed by atoms with E-state index in [1.807, 2.05) is 6.19 Å². The van der Waals surface area contributed by atoms with E-state index >= 15 is 0 Å². The quantitative estimate of drug-likeness (QED) is 0.313. The minimum absolute atomic E-state index is 0.314. The minimum Gasteiger partial charge on any atom is -0.381 e. The van der Waals surface area contributed by atoms with Crippen LogP contribution in [0.25, 0.3) is 0 Å². The van der Waals surface area contributed by atoms with Crippen molar-refractivity contribution in [3.63, 3.8) is 0 Å². The first-order valence-electron chi connectivity index (χ1n) is 4.15. The lowest BCUT2D eigenvalue weighted by Gasteiger charge is -2.17. The fourth-order valence-electron chi connectivity index (χ4n) is 1.26. The van der Waals surface area contributed by atoms with Gasteiger partial charge in [-0.2, -0.15) is 5.26 Å². The molecule has 1 aliphatic heterocycles. The predicted molar refractivity (Wildman–Crippen MR) is 52.5 cm³/mol. The van der Waals surface area contributed by atoms with E-state index in [4.69, 9.17) is 15.4 Å². The summed E-state index contributed by atoms with van der Waals surface area (Å²) in [5.74, 6) is 0.409. The van der Waals surface area contributed by atoms with Crippen LogP contribution in [0.1, 0.15) is 6.42 Å². The van der Waals surface area contributed by atoms with Gasteiger partial charge in [-0.1, -0.05) is 11.8 Å². The van der Waals surface area contributed by atoms with Gasteiger partial charge in [-0.3, -0.25) is 10.3 Å². The highest BCUT2D eigenvalue weighted by atomic mass is 32.2. The van der Waals surface area contributed by atoms with Crippen molar-refractivity contribution < 1.29 is 4.74 Å². The molecule has 0 bridgehead atoms. The SMILES string of the molecule is CSC(=N)N(C#N)CC1CCOC1. The highest BCUT2D eigenvalue weighted by Gasteiger charge is 2.20. The Morgan fingerprint density at radius 2 is 2.62 bits per heavy atom. The van der Waals surface area contributed by atoms with Gasteiger partial charge in [0.2, 0.25) is 0 Å². The van der Waals surface area contributed by atoms with Crippen molar-refractivity contribution in [2.24, 2.45) is 5.92 Å². The summed E-state index contributed by atoms with van der Waals surface area (Å²) in [5, 5.41) is 16.6. The summed E-state index contributed by atoms with van der Waals surface area (Å²) >= 11 is 1.29. The highest BCUT2D eigenvalue weighted by Crippen LogP contribution is 2.15. The lowest BCUT2D eigenvalue weighted by molar-refractivity contribution is 0.183. The molecule has 0 radical (unpaired) electrons. The Morgan fingerprint density at radius 3 is 3.08 bits per heavy atom. The average molecular weight is 199 g/mol. The van der Waals surface area contributed by atoms with Crippen molar-refractivity contribution in [1.29, 1.82) is 10.7 Å². The number of hydrogen-bond donors (Lipinski definition) is 1. The number of nitrogens with one attached hydrogen (secondary N) is 1. The van der Waals surface area contributed by atoms with Gasteiger partial charge in [0.1, 0.15) is 0 Å². The molecular formula is C8H13N3OS. The number of nitrogens with zero attached hydrogens (tertiary/aromatic N) is 2. The third-order valence-electron chi connectivity index (χ3n) is 2.02. The molecule has 1 heterocycles. The number of thioether (sulfide) groups is 1. The van der Waals surface area contributed by atoms with Crippen molar-refractivity contribution in [3.8, 4) is 6.19 Å². The number of amidine groups is 1. The van der Waals surface area contributed by atoms with Crippen molar-refractivity contribution in [3.05, 3.63) is 0 Å². The lowest BCUT2D eigenvalue weighted by atomic mass is 10.1. The largest absolute Gasteiger partial charge is 0.381 e. The second kappa shape index (κ2) is 5.10. The molecular weight excluding hydrogens is 186 g/mol. The Morgan fingerprint density at radius 1 is 1.85 bits per heavy atom. The molecule has 0 aromatic heterocycles. The maximum absolute atomic E-state index is 8.77. The summed E-state index contributed by atoms with van der Waals surface area (Å²) in [6, 6.07) is 0. The van der Waals surface area contributed by atoms with Crippen LogP contribution in [0.4, 0.5) is 0 Å². The molecule has 0 aromatic rings. The Labute approximate surface area is 82.4 Å². The molecule has 1 N–H and O–H groups in total. The normalized spacial score (nSPS) is 21.1. The van der Waals surface area contributed by atoms with E-state index in [-0.39, 0.29) is 0 Å². The van der Waals surface area contributed by atoms with Gasteiger partial charge in [-0.15, -0.1) is 0 Å². The molecule has 0 amide bonds. The molecule has 1 rings (SSSR count). The van der Waals surface area contributed by atoms with Crippen LogP contribution in [0.2, 0.25) is 0 Å². The van der Waals surface area contributed by atoms with Gasteiger partial charge < -0.3 is 4.74 Å². The summed E-state index contributed by atoms with van der Waals surface area (Å²) in [7, 11) is 0. The standard InChI is InChI=1S/C8H13N3OS/c1-13-8(10)11(6-9)4-7-2-3-12-5-7/h7,10H,2-5H2,1H3. The molecule has 1 fully saturated rings. The van der Waals surface area contributed by atoms with Crippen LogP contribution in [0, 0.1) is 22.8 Å². The third kappa shape index (κ3) is 2.90. The molecule has 0 aromatic carbocycles. The first kappa shape index (κ1) is 10.4. The number of ether oxygens (including phenoxy) is 1. The van der Waals surface area contributed by atoms with Crippen LogP contribution >= 0.6 is 11.8 Å². The zero-order valence-electron chi connectivity index (χ0n) is 7.62. The summed E-state index contributed by atoms with van der Waals surface area (Å²) in [6.45, 7) is 2.13. The molecule has 0 saturated carbocycles. The van der Waals surface area contributed by atoms with Crippen molar-refractivity contribution >= 4 is 16.9 Å². The fraction of sp³-hybridized carbons (Fsp3) is 0.750. The van der Waals surface area contributed by atoms with E-state index in [9.17, 15) is 0 Å². The monoisotopic (exact) mass is 199 g/mol. The van der Waals surface area contributed by atoms with E-state index in [1.165, 1.54) is 16.7 Å². The van der Waals surface area contributed by atoms with Gasteiger partial charge in [-0.25, -0.2) is 0 Å². The number of hydrogen-bond acceptors (Lipinski definition) is 4. The van der Waals surface area contributed by atoms with Crippen LogP contribution in [0.15, 0.2) is 0 Å². The Bertz CT molecular complexity index is 220. The predicted octanol–water partition coefficient (Wildman–Crippen LogP) is 1.10. The van der Waals surface area contributed by atoms with Crippen LogP contribution in [-0.2, 0) is 4.74 Å². The van der Waals surface area contributed by atoms with Crippen molar-refractivity contribution in [1.82, 2.24) is 4.90 Å². The molecule has 1 atom stereocenters. The smallest absolute Gasteiger partial charge is 0.185 e. The second-order valence-corrected chi connectivity index (χ2v) is 3.74. The second-order valence-electron chi connectivity index (χ2n) is 2.95. The van der Waals surface area contributed by atoms with Gasteiger partial charge in [0, 0.05) is 19.1 Å². The van der Waals surface area contributed by atoms with Crippen molar-refractivity contribution in [2.45, 2.75) is 6.42 Å². The molecule has 4 nitrogen and oxygen atoms in total. The summed E-state index contributed by atoms with van der Waals surface area (Å²) in [4.78, 5) is 1.42. The van der Waals surface area contributed by atoms with E-state index in [2.05, 4.69) is 0 Å². The van der Waals surface area contributed by atoms with E-state index in [0.29, 0.717) is 17.6 Å². The van der Waals surface area contributed by atoms with E-state index in [1.54, 1.807) is 6.26 Å². The van der Waals surface area contributed by atoms with Crippen LogP contribution in [0.5, 0.6) is 0 Å². The zero-order valence-corrected chi connectivity index (χ0v) is 8.43. The Kier molecular flexibility index (Phi) is 4.06. The first-order valence-corrected chi connectivity index (χ1v) is 5.38. The molecule has 13 heavy (non-hydrogen) atoms.